The Morgan fingerprint density at radius 2 is 1.76 bits per heavy atom. The van der Waals surface area contributed by atoms with Gasteiger partial charge < -0.3 is 20.3 Å². The van der Waals surface area contributed by atoms with Gasteiger partial charge in [-0.1, -0.05) is 30.3 Å². The summed E-state index contributed by atoms with van der Waals surface area (Å²) >= 11 is 0. The molecule has 1 aliphatic rings. The maximum Gasteiger partial charge on any atom is 0.407 e. The topological polar surface area (TPSA) is 87.7 Å². The van der Waals surface area contributed by atoms with Crippen molar-refractivity contribution >= 4 is 24.0 Å². The fraction of sp³-hybridized carbons (Fsp3) is 0.500. The molecule has 1 unspecified atom stereocenters. The van der Waals surface area contributed by atoms with E-state index in [0.717, 1.165) is 5.56 Å². The van der Waals surface area contributed by atoms with Crippen LogP contribution in [0.2, 0.25) is 0 Å². The molecule has 1 heterocycles. The fourth-order valence-corrected chi connectivity index (χ4v) is 3.05. The Labute approximate surface area is 172 Å². The third kappa shape index (κ3) is 7.97. The van der Waals surface area contributed by atoms with Gasteiger partial charge in [0, 0.05) is 25.2 Å². The first kappa shape index (κ1) is 22.5. The van der Waals surface area contributed by atoms with Crippen LogP contribution >= 0.6 is 0 Å². The first-order valence-corrected chi connectivity index (χ1v) is 9.96. The minimum atomic E-state index is -0.613. The SMILES string of the molecule is CC(NC(=O)C=Cc1ccccc1)C(=O)N1CCC(NC(=O)OC(C)(C)C)CC1. The number of nitrogens with one attached hydrogen (secondary N) is 2. The molecular formula is C22H31N3O4. The Kier molecular flexibility index (Phi) is 7.82. The van der Waals surface area contributed by atoms with Gasteiger partial charge in [-0.25, -0.2) is 4.79 Å². The third-order valence-electron chi connectivity index (χ3n) is 4.48. The highest BCUT2D eigenvalue weighted by atomic mass is 16.6. The number of carbonyl (C=O) groups is 3. The van der Waals surface area contributed by atoms with Gasteiger partial charge in [0.1, 0.15) is 11.6 Å². The monoisotopic (exact) mass is 401 g/mol. The van der Waals surface area contributed by atoms with Crippen molar-refractivity contribution < 1.29 is 19.1 Å². The van der Waals surface area contributed by atoms with Crippen LogP contribution in [0.15, 0.2) is 36.4 Å². The van der Waals surface area contributed by atoms with Gasteiger partial charge in [0.2, 0.25) is 11.8 Å². The fourth-order valence-electron chi connectivity index (χ4n) is 3.05. The quantitative estimate of drug-likeness (QED) is 0.743. The number of likely N-dealkylation sites (tertiary alicyclic amines) is 1. The molecule has 7 nitrogen and oxygen atoms in total. The molecule has 0 spiro atoms. The summed E-state index contributed by atoms with van der Waals surface area (Å²) in [4.78, 5) is 38.3. The van der Waals surface area contributed by atoms with Gasteiger partial charge in [-0.2, -0.15) is 0 Å². The van der Waals surface area contributed by atoms with Crippen molar-refractivity contribution in [2.45, 2.75) is 58.2 Å². The van der Waals surface area contributed by atoms with Crippen LogP contribution in [0.4, 0.5) is 4.79 Å². The molecule has 3 amide bonds. The third-order valence-corrected chi connectivity index (χ3v) is 4.48. The molecule has 0 bridgehead atoms. The van der Waals surface area contributed by atoms with E-state index in [9.17, 15) is 14.4 Å². The molecule has 0 aromatic heterocycles. The Bertz CT molecular complexity index is 732. The van der Waals surface area contributed by atoms with Crippen molar-refractivity contribution in [1.82, 2.24) is 15.5 Å². The number of hydrogen-bond acceptors (Lipinski definition) is 4. The molecule has 1 atom stereocenters. The smallest absolute Gasteiger partial charge is 0.407 e. The second-order valence-corrected chi connectivity index (χ2v) is 8.22. The van der Waals surface area contributed by atoms with E-state index in [-0.39, 0.29) is 17.9 Å². The van der Waals surface area contributed by atoms with E-state index in [2.05, 4.69) is 10.6 Å². The van der Waals surface area contributed by atoms with Crippen molar-refractivity contribution in [3.05, 3.63) is 42.0 Å². The van der Waals surface area contributed by atoms with Gasteiger partial charge in [0.15, 0.2) is 0 Å². The highest BCUT2D eigenvalue weighted by Crippen LogP contribution is 2.13. The molecule has 0 saturated carbocycles. The van der Waals surface area contributed by atoms with Gasteiger partial charge in [-0.3, -0.25) is 9.59 Å². The zero-order valence-corrected chi connectivity index (χ0v) is 17.6. The largest absolute Gasteiger partial charge is 0.444 e. The van der Waals surface area contributed by atoms with E-state index in [1.165, 1.54) is 6.08 Å². The maximum atomic E-state index is 12.6. The second kappa shape index (κ2) is 10.1. The molecule has 7 heteroatoms. The molecule has 2 N–H and O–H groups in total. The lowest BCUT2D eigenvalue weighted by Crippen LogP contribution is -2.52. The minimum absolute atomic E-state index is 0.0207. The zero-order chi connectivity index (χ0) is 21.4. The Balaban J connectivity index is 1.76. The average molecular weight is 402 g/mol. The van der Waals surface area contributed by atoms with E-state index in [1.54, 1.807) is 17.9 Å². The molecule has 1 saturated heterocycles. The van der Waals surface area contributed by atoms with Gasteiger partial charge in [0.25, 0.3) is 0 Å². The van der Waals surface area contributed by atoms with Crippen LogP contribution < -0.4 is 10.6 Å². The molecule has 0 radical (unpaired) electrons. The number of alkyl carbamates (subject to hydrolysis) is 1. The Morgan fingerprint density at radius 3 is 2.34 bits per heavy atom. The lowest BCUT2D eigenvalue weighted by Gasteiger charge is -2.34. The van der Waals surface area contributed by atoms with E-state index >= 15 is 0 Å². The summed E-state index contributed by atoms with van der Waals surface area (Å²) in [6.07, 6.45) is 4.00. The van der Waals surface area contributed by atoms with E-state index < -0.39 is 17.7 Å². The number of amides is 3. The highest BCUT2D eigenvalue weighted by Gasteiger charge is 2.28. The maximum absolute atomic E-state index is 12.6. The molecule has 2 rings (SSSR count). The second-order valence-electron chi connectivity index (χ2n) is 8.22. The van der Waals surface area contributed by atoms with Crippen LogP contribution in [0.25, 0.3) is 6.08 Å². The lowest BCUT2D eigenvalue weighted by atomic mass is 10.0. The first-order chi connectivity index (χ1) is 13.6. The van der Waals surface area contributed by atoms with Crippen LogP contribution in [0.1, 0.15) is 46.1 Å². The van der Waals surface area contributed by atoms with Crippen LogP contribution in [0, 0.1) is 0 Å². The van der Waals surface area contributed by atoms with Crippen LogP contribution in [-0.2, 0) is 14.3 Å². The van der Waals surface area contributed by atoms with E-state index in [1.807, 2.05) is 51.1 Å². The van der Waals surface area contributed by atoms with Crippen LogP contribution in [0.5, 0.6) is 0 Å². The normalized spacial score (nSPS) is 16.3. The van der Waals surface area contributed by atoms with Crippen molar-refractivity contribution in [3.8, 4) is 0 Å². The summed E-state index contributed by atoms with van der Waals surface area (Å²) in [6.45, 7) is 8.19. The van der Waals surface area contributed by atoms with Gasteiger partial charge in [-0.15, -0.1) is 0 Å². The summed E-state index contributed by atoms with van der Waals surface area (Å²) in [5.74, 6) is -0.432. The summed E-state index contributed by atoms with van der Waals surface area (Å²) in [5.41, 5.74) is 0.379. The number of ether oxygens (including phenoxy) is 1. The highest BCUT2D eigenvalue weighted by molar-refractivity contribution is 5.95. The van der Waals surface area contributed by atoms with Crippen molar-refractivity contribution in [1.29, 1.82) is 0 Å². The molecule has 158 valence electrons. The minimum Gasteiger partial charge on any atom is -0.444 e. The van der Waals surface area contributed by atoms with Crippen molar-refractivity contribution in [2.75, 3.05) is 13.1 Å². The Morgan fingerprint density at radius 1 is 1.14 bits per heavy atom. The molecule has 29 heavy (non-hydrogen) atoms. The van der Waals surface area contributed by atoms with Crippen LogP contribution in [-0.4, -0.2) is 53.6 Å². The first-order valence-electron chi connectivity index (χ1n) is 9.96. The molecule has 1 fully saturated rings. The van der Waals surface area contributed by atoms with Crippen LogP contribution in [0.3, 0.4) is 0 Å². The van der Waals surface area contributed by atoms with E-state index in [4.69, 9.17) is 4.74 Å². The van der Waals surface area contributed by atoms with Gasteiger partial charge in [-0.05, 0) is 52.2 Å². The number of carbonyl (C=O) groups excluding carboxylic acids is 3. The molecule has 1 aromatic carbocycles. The molecule has 1 aliphatic heterocycles. The zero-order valence-electron chi connectivity index (χ0n) is 17.6. The predicted octanol–water partition coefficient (Wildman–Crippen LogP) is 2.72. The number of rotatable bonds is 5. The summed E-state index contributed by atoms with van der Waals surface area (Å²) in [5, 5.41) is 5.56. The lowest BCUT2D eigenvalue weighted by molar-refractivity contribution is -0.136. The molecule has 1 aromatic rings. The number of nitrogens with zero attached hydrogens (tertiary/aromatic N) is 1. The van der Waals surface area contributed by atoms with Gasteiger partial charge >= 0.3 is 6.09 Å². The molecule has 0 aliphatic carbocycles. The molecular weight excluding hydrogens is 370 g/mol. The predicted molar refractivity (Wildman–Crippen MR) is 112 cm³/mol. The van der Waals surface area contributed by atoms with Gasteiger partial charge in [0.05, 0.1) is 0 Å². The number of benzene rings is 1. The van der Waals surface area contributed by atoms with E-state index in [0.29, 0.717) is 25.9 Å². The average Bonchev–Trinajstić information content (AvgIpc) is 2.65. The Hall–Kier alpha value is -2.83. The van der Waals surface area contributed by atoms with Crippen molar-refractivity contribution in [3.63, 3.8) is 0 Å². The summed E-state index contributed by atoms with van der Waals surface area (Å²) in [6, 6.07) is 8.85. The van der Waals surface area contributed by atoms with Crippen molar-refractivity contribution in [2.24, 2.45) is 0 Å². The summed E-state index contributed by atoms with van der Waals surface area (Å²) in [7, 11) is 0. The summed E-state index contributed by atoms with van der Waals surface area (Å²) < 4.78 is 5.27. The number of piperidine rings is 1. The number of hydrogen-bond donors (Lipinski definition) is 2. The standard InChI is InChI=1S/C22H31N3O4/c1-16(23-19(26)11-10-17-8-6-5-7-9-17)20(27)25-14-12-18(13-15-25)24-21(28)29-22(2,3)4/h5-11,16,18H,12-15H2,1-4H3,(H,23,26)(H,24,28).